The number of pyridine rings is 1. The largest absolute Gasteiger partial charge is 0.388 e. The third-order valence-corrected chi connectivity index (χ3v) is 3.28. The number of aliphatic hydroxyl groups is 1. The maximum atomic E-state index is 9.94. The number of hydrogen-bond acceptors (Lipinski definition) is 3. The molecule has 1 atom stereocenters. The minimum absolute atomic E-state index is 0.458. The van der Waals surface area contributed by atoms with E-state index in [2.05, 4.69) is 16.8 Å². The molecule has 0 aromatic carbocycles. The van der Waals surface area contributed by atoms with E-state index in [1.54, 1.807) is 17.5 Å². The summed E-state index contributed by atoms with van der Waals surface area (Å²) < 4.78 is 1.12. The molecule has 0 aliphatic rings. The second-order valence-corrected chi connectivity index (χ2v) is 4.50. The van der Waals surface area contributed by atoms with Crippen LogP contribution in [-0.2, 0) is 0 Å². The molecule has 2 rings (SSSR count). The number of hydrogen-bond donors (Lipinski definition) is 1. The molecule has 0 aliphatic heterocycles. The Bertz CT molecular complexity index is 535. The number of thiophene rings is 1. The van der Waals surface area contributed by atoms with Gasteiger partial charge in [0.05, 0.1) is 16.3 Å². The van der Waals surface area contributed by atoms with Crippen LogP contribution in [0.5, 0.6) is 0 Å². The lowest BCUT2D eigenvalue weighted by Gasteiger charge is -2.08. The van der Waals surface area contributed by atoms with Gasteiger partial charge in [0.2, 0.25) is 0 Å². The maximum absolute atomic E-state index is 9.94. The van der Waals surface area contributed by atoms with Gasteiger partial charge in [0.1, 0.15) is 0 Å². The van der Waals surface area contributed by atoms with Gasteiger partial charge in [-0.15, -0.1) is 23.2 Å². The Morgan fingerprint density at radius 3 is 3.25 bits per heavy atom. The summed E-state index contributed by atoms with van der Waals surface area (Å²) in [7, 11) is 0. The van der Waals surface area contributed by atoms with Gasteiger partial charge in [0.25, 0.3) is 0 Å². The van der Waals surface area contributed by atoms with E-state index >= 15 is 0 Å². The number of nitrogens with zero attached hydrogens (tertiary/aromatic N) is 1. The van der Waals surface area contributed by atoms with Crippen LogP contribution in [0.1, 0.15) is 31.4 Å². The van der Waals surface area contributed by atoms with E-state index in [-0.39, 0.29) is 0 Å². The number of fused-ring (bicyclic) bond motifs is 1. The van der Waals surface area contributed by atoms with E-state index in [4.69, 9.17) is 0 Å². The zero-order valence-electron chi connectivity index (χ0n) is 9.10. The molecule has 1 unspecified atom stereocenters. The van der Waals surface area contributed by atoms with Gasteiger partial charge in [-0.3, -0.25) is 4.98 Å². The first kappa shape index (κ1) is 11.1. The van der Waals surface area contributed by atoms with Crippen LogP contribution in [-0.4, -0.2) is 10.1 Å². The summed E-state index contributed by atoms with van der Waals surface area (Å²) in [5.74, 6) is 5.78. The second-order valence-electron chi connectivity index (χ2n) is 3.55. The summed E-state index contributed by atoms with van der Waals surface area (Å²) >= 11 is 1.65. The standard InChI is InChI=1S/C13H13NOS/c1-2-3-4-5-12(15)10-8-13-11(14-9-10)6-7-16-13/h6-9,12,15H,4-5H2,1H3. The predicted molar refractivity (Wildman–Crippen MR) is 67.3 cm³/mol. The first-order valence-corrected chi connectivity index (χ1v) is 6.10. The molecular formula is C13H13NOS. The lowest BCUT2D eigenvalue weighted by Crippen LogP contribution is -1.97. The minimum Gasteiger partial charge on any atom is -0.388 e. The molecule has 2 heterocycles. The van der Waals surface area contributed by atoms with Crippen LogP contribution in [0.2, 0.25) is 0 Å². The fourth-order valence-corrected chi connectivity index (χ4v) is 2.33. The van der Waals surface area contributed by atoms with Gasteiger partial charge >= 0.3 is 0 Å². The van der Waals surface area contributed by atoms with Crippen molar-refractivity contribution in [3.8, 4) is 11.8 Å². The lowest BCUT2D eigenvalue weighted by atomic mass is 10.1. The molecule has 3 heteroatoms. The van der Waals surface area contributed by atoms with Crippen molar-refractivity contribution in [3.63, 3.8) is 0 Å². The van der Waals surface area contributed by atoms with Crippen molar-refractivity contribution in [2.24, 2.45) is 0 Å². The molecule has 2 aromatic rings. The molecule has 0 saturated carbocycles. The van der Waals surface area contributed by atoms with Crippen molar-refractivity contribution in [2.45, 2.75) is 25.9 Å². The van der Waals surface area contributed by atoms with Gasteiger partial charge < -0.3 is 5.11 Å². The minimum atomic E-state index is -0.458. The highest BCUT2D eigenvalue weighted by Gasteiger charge is 2.08. The first-order valence-electron chi connectivity index (χ1n) is 5.22. The Kier molecular flexibility index (Phi) is 3.55. The summed E-state index contributed by atoms with van der Waals surface area (Å²) in [6, 6.07) is 4.00. The van der Waals surface area contributed by atoms with Gasteiger partial charge in [0.15, 0.2) is 0 Å². The zero-order chi connectivity index (χ0) is 11.4. The highest BCUT2D eigenvalue weighted by molar-refractivity contribution is 7.17. The summed E-state index contributed by atoms with van der Waals surface area (Å²) in [5, 5.41) is 12.0. The van der Waals surface area contributed by atoms with E-state index in [0.29, 0.717) is 6.42 Å². The van der Waals surface area contributed by atoms with Crippen molar-refractivity contribution in [2.75, 3.05) is 0 Å². The molecule has 0 saturated heterocycles. The summed E-state index contributed by atoms with van der Waals surface area (Å²) in [4.78, 5) is 4.30. The van der Waals surface area contributed by atoms with Gasteiger partial charge in [-0.1, -0.05) is 0 Å². The quantitative estimate of drug-likeness (QED) is 0.823. The Morgan fingerprint density at radius 1 is 1.56 bits per heavy atom. The fraction of sp³-hybridized carbons (Fsp3) is 0.308. The molecular weight excluding hydrogens is 218 g/mol. The van der Waals surface area contributed by atoms with Crippen LogP contribution in [0.25, 0.3) is 10.2 Å². The summed E-state index contributed by atoms with van der Waals surface area (Å²) in [6.45, 7) is 1.81. The van der Waals surface area contributed by atoms with Crippen molar-refractivity contribution in [1.29, 1.82) is 0 Å². The fourth-order valence-electron chi connectivity index (χ4n) is 1.54. The van der Waals surface area contributed by atoms with Crippen LogP contribution in [0.4, 0.5) is 0 Å². The monoisotopic (exact) mass is 231 g/mol. The van der Waals surface area contributed by atoms with Gasteiger partial charge in [-0.05, 0) is 30.9 Å². The van der Waals surface area contributed by atoms with Crippen molar-refractivity contribution < 1.29 is 5.11 Å². The van der Waals surface area contributed by atoms with Crippen LogP contribution >= 0.6 is 11.3 Å². The molecule has 2 nitrogen and oxygen atoms in total. The Labute approximate surface area is 99.0 Å². The molecule has 0 radical (unpaired) electrons. The Morgan fingerprint density at radius 2 is 2.44 bits per heavy atom. The Balaban J connectivity index is 2.14. The zero-order valence-corrected chi connectivity index (χ0v) is 9.92. The van der Waals surface area contributed by atoms with Gasteiger partial charge in [-0.2, -0.15) is 0 Å². The van der Waals surface area contributed by atoms with Crippen molar-refractivity contribution in [1.82, 2.24) is 4.98 Å². The summed E-state index contributed by atoms with van der Waals surface area (Å²) in [5.41, 5.74) is 1.88. The van der Waals surface area contributed by atoms with Crippen LogP contribution < -0.4 is 0 Å². The SMILES string of the molecule is CC#CCCC(O)c1cnc2ccsc2c1. The highest BCUT2D eigenvalue weighted by atomic mass is 32.1. The first-order chi connectivity index (χ1) is 7.81. The van der Waals surface area contributed by atoms with E-state index < -0.39 is 6.10 Å². The molecule has 0 spiro atoms. The number of aromatic nitrogens is 1. The van der Waals surface area contributed by atoms with Crippen LogP contribution in [0.15, 0.2) is 23.7 Å². The molecule has 16 heavy (non-hydrogen) atoms. The van der Waals surface area contributed by atoms with E-state index in [1.807, 2.05) is 24.4 Å². The third kappa shape index (κ3) is 2.41. The average Bonchev–Trinajstić information content (AvgIpc) is 2.76. The molecule has 82 valence electrons. The van der Waals surface area contributed by atoms with Gasteiger partial charge in [0, 0.05) is 18.2 Å². The smallest absolute Gasteiger partial charge is 0.0814 e. The molecule has 0 aliphatic carbocycles. The predicted octanol–water partition coefficient (Wildman–Crippen LogP) is 3.13. The van der Waals surface area contributed by atoms with Crippen LogP contribution in [0, 0.1) is 11.8 Å². The second kappa shape index (κ2) is 5.11. The topological polar surface area (TPSA) is 33.1 Å². The third-order valence-electron chi connectivity index (χ3n) is 2.43. The summed E-state index contributed by atoms with van der Waals surface area (Å²) in [6.07, 6.45) is 2.68. The number of aliphatic hydroxyl groups excluding tert-OH is 1. The van der Waals surface area contributed by atoms with E-state index in [9.17, 15) is 5.11 Å². The molecule has 0 fully saturated rings. The normalized spacial score (nSPS) is 12.1. The Hall–Kier alpha value is -1.37. The molecule has 2 aromatic heterocycles. The number of rotatable bonds is 3. The van der Waals surface area contributed by atoms with E-state index in [0.717, 1.165) is 22.2 Å². The van der Waals surface area contributed by atoms with Crippen LogP contribution in [0.3, 0.4) is 0 Å². The average molecular weight is 231 g/mol. The van der Waals surface area contributed by atoms with Crippen molar-refractivity contribution >= 4 is 21.6 Å². The maximum Gasteiger partial charge on any atom is 0.0814 e. The van der Waals surface area contributed by atoms with Gasteiger partial charge in [-0.25, -0.2) is 0 Å². The van der Waals surface area contributed by atoms with Crippen molar-refractivity contribution in [3.05, 3.63) is 29.3 Å². The molecule has 0 bridgehead atoms. The lowest BCUT2D eigenvalue weighted by molar-refractivity contribution is 0.169. The molecule has 0 amide bonds. The molecule has 1 N–H and O–H groups in total. The highest BCUT2D eigenvalue weighted by Crippen LogP contribution is 2.24. The van der Waals surface area contributed by atoms with E-state index in [1.165, 1.54) is 0 Å².